The Morgan fingerprint density at radius 1 is 0.243 bits per heavy atom. The van der Waals surface area contributed by atoms with E-state index < -0.39 is 0 Å². The van der Waals surface area contributed by atoms with Crippen LogP contribution in [0.5, 0.6) is 0 Å². The van der Waals surface area contributed by atoms with E-state index in [0.717, 1.165) is 22.7 Å². The lowest BCUT2D eigenvalue weighted by molar-refractivity contribution is 1.18. The quantitative estimate of drug-likeness (QED) is 0.151. The van der Waals surface area contributed by atoms with Crippen LogP contribution in [0.4, 0.5) is 17.1 Å². The summed E-state index contributed by atoms with van der Waals surface area (Å²) in [4.78, 5) is 2.45. The summed E-state index contributed by atoms with van der Waals surface area (Å²) in [5.74, 6) is 0. The molecule has 15 rings (SSSR count). The van der Waals surface area contributed by atoms with Gasteiger partial charge in [0.25, 0.3) is 0 Å². The van der Waals surface area contributed by atoms with Gasteiger partial charge in [-0.15, -0.1) is 0 Å². The molecule has 0 aliphatic carbocycles. The molecule has 1 heterocycles. The largest absolute Gasteiger partial charge is 0.310 e. The highest BCUT2D eigenvalue weighted by atomic mass is 15.1. The molecule has 0 amide bonds. The maximum absolute atomic E-state index is 2.46. The first-order valence-electron chi connectivity index (χ1n) is 24.2. The maximum atomic E-state index is 2.46. The normalized spacial score (nSPS) is 12.0. The molecule has 0 spiro atoms. The van der Waals surface area contributed by atoms with E-state index in [1.165, 1.54) is 119 Å². The standard InChI is InChI=1S/C68H42N2/c1-2-17-52(18-3-1)70-62-24-7-6-19-60(62)68-56(20-11-25-63(68)70)45-34-38-54(39-35-45)69(53-36-32-44(33-37-53)50-30-26-43-12-4-5-13-49(43)40-50)55-41-51-31-29-48-15-9-22-58-57-21-8-14-46-27-28-47-16-10-23-59(66(47)64(46)57)61(42-55)67(51)65(48)58/h1-42H. The van der Waals surface area contributed by atoms with Crippen molar-refractivity contribution in [3.63, 3.8) is 0 Å². The van der Waals surface area contributed by atoms with Crippen molar-refractivity contribution in [2.45, 2.75) is 0 Å². The Balaban J connectivity index is 0.967. The van der Waals surface area contributed by atoms with Crippen LogP contribution in [0.2, 0.25) is 0 Å². The Morgan fingerprint density at radius 3 is 1.41 bits per heavy atom. The molecular formula is C68H42N2. The van der Waals surface area contributed by atoms with Gasteiger partial charge >= 0.3 is 0 Å². The minimum Gasteiger partial charge on any atom is -0.310 e. The third-order valence-electron chi connectivity index (χ3n) is 15.0. The molecule has 0 aliphatic heterocycles. The number of hydrogen-bond acceptors (Lipinski definition) is 1. The minimum absolute atomic E-state index is 1.09. The summed E-state index contributed by atoms with van der Waals surface area (Å²) in [5, 5.41) is 20.3. The molecule has 324 valence electrons. The van der Waals surface area contributed by atoms with Gasteiger partial charge in [-0.3, -0.25) is 0 Å². The predicted octanol–water partition coefficient (Wildman–Crippen LogP) is 19.1. The molecule has 0 N–H and O–H groups in total. The van der Waals surface area contributed by atoms with Crippen LogP contribution in [-0.2, 0) is 0 Å². The fourth-order valence-corrected chi connectivity index (χ4v) is 11.9. The second-order valence-corrected chi connectivity index (χ2v) is 18.8. The Bertz CT molecular complexity index is 4560. The van der Waals surface area contributed by atoms with Gasteiger partial charge in [0.05, 0.1) is 11.0 Å². The SMILES string of the molecule is c1ccc(-n2c3ccccc3c3c(-c4ccc(N(c5ccc(-c6ccc7ccccc7c6)cc5)c5cc6ccc7cccc8c9cccc%10ccc%11cccc(c(c5)c6c78)c%11c%109)cc4)cccc32)cc1. The Morgan fingerprint density at radius 2 is 0.729 bits per heavy atom. The second kappa shape index (κ2) is 15.1. The van der Waals surface area contributed by atoms with Gasteiger partial charge in [0.2, 0.25) is 0 Å². The third kappa shape index (κ3) is 5.81. The van der Waals surface area contributed by atoms with E-state index in [1.54, 1.807) is 0 Å². The summed E-state index contributed by atoms with van der Waals surface area (Å²) in [6, 6.07) is 94.6. The number of benzene rings is 13. The first-order chi connectivity index (χ1) is 34.7. The van der Waals surface area contributed by atoms with Crippen LogP contribution in [0.3, 0.4) is 0 Å². The summed E-state index contributed by atoms with van der Waals surface area (Å²) in [7, 11) is 0. The molecule has 0 aliphatic rings. The van der Waals surface area contributed by atoms with Crippen LogP contribution in [0.15, 0.2) is 255 Å². The van der Waals surface area contributed by atoms with Crippen LogP contribution in [0.1, 0.15) is 0 Å². The van der Waals surface area contributed by atoms with Crippen LogP contribution >= 0.6 is 0 Å². The molecule has 2 nitrogen and oxygen atoms in total. The number of anilines is 3. The fourth-order valence-electron chi connectivity index (χ4n) is 11.9. The molecule has 0 unspecified atom stereocenters. The Labute approximate surface area is 404 Å². The lowest BCUT2D eigenvalue weighted by Gasteiger charge is -2.27. The van der Waals surface area contributed by atoms with Crippen LogP contribution in [0.25, 0.3) is 125 Å². The number of hydrogen-bond donors (Lipinski definition) is 0. The lowest BCUT2D eigenvalue weighted by atomic mass is 9.87. The number of nitrogens with zero attached hydrogens (tertiary/aromatic N) is 2. The number of rotatable bonds is 6. The molecular weight excluding hydrogens is 845 g/mol. The van der Waals surface area contributed by atoms with E-state index in [0.29, 0.717) is 0 Å². The zero-order chi connectivity index (χ0) is 45.9. The van der Waals surface area contributed by atoms with Gasteiger partial charge in [-0.25, -0.2) is 0 Å². The van der Waals surface area contributed by atoms with Crippen LogP contribution in [0, 0.1) is 0 Å². The summed E-state index contributed by atoms with van der Waals surface area (Å²) in [5.41, 5.74) is 11.6. The van der Waals surface area contributed by atoms with Gasteiger partial charge in [0.15, 0.2) is 0 Å². The molecule has 0 saturated carbocycles. The van der Waals surface area contributed by atoms with Crippen molar-refractivity contribution in [3.8, 4) is 27.9 Å². The molecule has 0 bridgehead atoms. The Hall–Kier alpha value is -9.24. The topological polar surface area (TPSA) is 8.17 Å². The predicted molar refractivity (Wildman–Crippen MR) is 300 cm³/mol. The molecule has 0 fully saturated rings. The highest BCUT2D eigenvalue weighted by Crippen LogP contribution is 2.47. The number of aromatic nitrogens is 1. The average molecular weight is 887 g/mol. The molecule has 1 aromatic heterocycles. The van der Waals surface area contributed by atoms with Crippen molar-refractivity contribution in [2.24, 2.45) is 0 Å². The van der Waals surface area contributed by atoms with E-state index in [1.807, 2.05) is 0 Å². The average Bonchev–Trinajstić information content (AvgIpc) is 3.77. The zero-order valence-electron chi connectivity index (χ0n) is 38.1. The van der Waals surface area contributed by atoms with Crippen molar-refractivity contribution in [1.82, 2.24) is 4.57 Å². The summed E-state index contributed by atoms with van der Waals surface area (Å²) in [6.45, 7) is 0. The van der Waals surface area contributed by atoms with Crippen molar-refractivity contribution < 1.29 is 0 Å². The van der Waals surface area contributed by atoms with Gasteiger partial charge in [0, 0.05) is 33.5 Å². The smallest absolute Gasteiger partial charge is 0.0547 e. The van der Waals surface area contributed by atoms with E-state index in [9.17, 15) is 0 Å². The van der Waals surface area contributed by atoms with Crippen LogP contribution < -0.4 is 4.90 Å². The first kappa shape index (κ1) is 38.8. The van der Waals surface area contributed by atoms with Gasteiger partial charge in [-0.2, -0.15) is 0 Å². The van der Waals surface area contributed by atoms with Gasteiger partial charge in [-0.05, 0) is 164 Å². The highest BCUT2D eigenvalue weighted by molar-refractivity contribution is 6.37. The van der Waals surface area contributed by atoms with E-state index in [4.69, 9.17) is 0 Å². The van der Waals surface area contributed by atoms with E-state index in [-0.39, 0.29) is 0 Å². The number of fused-ring (bicyclic) bond motifs is 6. The summed E-state index contributed by atoms with van der Waals surface area (Å²) >= 11 is 0. The van der Waals surface area contributed by atoms with Crippen molar-refractivity contribution in [3.05, 3.63) is 255 Å². The molecule has 70 heavy (non-hydrogen) atoms. The van der Waals surface area contributed by atoms with Gasteiger partial charge in [0.1, 0.15) is 0 Å². The van der Waals surface area contributed by atoms with Crippen molar-refractivity contribution >= 4 is 114 Å². The molecule has 2 heteroatoms. The van der Waals surface area contributed by atoms with Gasteiger partial charge in [-0.1, -0.05) is 188 Å². The molecule has 0 atom stereocenters. The monoisotopic (exact) mass is 886 g/mol. The molecule has 14 aromatic carbocycles. The minimum atomic E-state index is 1.09. The Kier molecular flexibility index (Phi) is 8.39. The van der Waals surface area contributed by atoms with E-state index in [2.05, 4.69) is 264 Å². The second-order valence-electron chi connectivity index (χ2n) is 18.8. The van der Waals surface area contributed by atoms with Gasteiger partial charge < -0.3 is 9.47 Å². The van der Waals surface area contributed by atoms with Crippen molar-refractivity contribution in [1.29, 1.82) is 0 Å². The molecule has 0 saturated heterocycles. The molecule has 0 radical (unpaired) electrons. The summed E-state index contributed by atoms with van der Waals surface area (Å²) in [6.07, 6.45) is 0. The van der Waals surface area contributed by atoms with Crippen LogP contribution in [-0.4, -0.2) is 4.57 Å². The highest BCUT2D eigenvalue weighted by Gasteiger charge is 2.21. The maximum Gasteiger partial charge on any atom is 0.0547 e. The lowest BCUT2D eigenvalue weighted by Crippen LogP contribution is -2.10. The third-order valence-corrected chi connectivity index (χ3v) is 15.0. The van der Waals surface area contributed by atoms with E-state index >= 15 is 0 Å². The summed E-state index contributed by atoms with van der Waals surface area (Å²) < 4.78 is 2.40. The molecule has 15 aromatic rings. The fraction of sp³-hybridized carbons (Fsp3) is 0. The van der Waals surface area contributed by atoms with Crippen molar-refractivity contribution in [2.75, 3.05) is 4.90 Å². The number of para-hydroxylation sites is 2. The zero-order valence-corrected chi connectivity index (χ0v) is 38.1. The first-order valence-corrected chi connectivity index (χ1v) is 24.2.